The van der Waals surface area contributed by atoms with E-state index in [0.717, 1.165) is 25.7 Å². The van der Waals surface area contributed by atoms with Crippen LogP contribution in [0.1, 0.15) is 162 Å². The quantitative estimate of drug-likeness (QED) is 0.170. The molecule has 0 spiro atoms. The first kappa shape index (κ1) is 30.1. The molecule has 0 fully saturated rings. The molecular weight excluding hydrogens is 345 g/mol. The lowest BCUT2D eigenvalue weighted by Gasteiger charge is -2.08. The lowest BCUT2D eigenvalue weighted by molar-refractivity contribution is 0.279. The molecule has 0 aromatic rings. The van der Waals surface area contributed by atoms with Crippen LogP contribution in [0, 0.1) is 0 Å². The molecule has 28 heavy (non-hydrogen) atoms. The Balaban J connectivity index is 0. The Hall–Kier alpha value is -0.110. The number of alkyl halides is 1. The Morgan fingerprint density at radius 1 is 0.393 bits per heavy atom. The van der Waals surface area contributed by atoms with Gasteiger partial charge in [0.1, 0.15) is 6.17 Å². The van der Waals surface area contributed by atoms with E-state index in [4.69, 9.17) is 0 Å². The predicted octanol–water partition coefficient (Wildman–Crippen LogP) is 10.5. The molecule has 1 atom stereocenters. The Bertz CT molecular complexity index is 257. The molecule has 0 bridgehead atoms. The number of unbranched alkanes of at least 4 members (excludes halogenated alkanes) is 19. The van der Waals surface area contributed by atoms with E-state index in [-0.39, 0.29) is 6.15 Å². The molecule has 172 valence electrons. The van der Waals surface area contributed by atoms with Crippen LogP contribution in [0.4, 0.5) is 4.39 Å². The fraction of sp³-hybridized carbons (Fsp3) is 1.00. The zero-order valence-corrected chi connectivity index (χ0v) is 19.9. The predicted molar refractivity (Wildman–Crippen MR) is 127 cm³/mol. The summed E-state index contributed by atoms with van der Waals surface area (Å²) in [5.74, 6) is 0. The first-order valence-electron chi connectivity index (χ1n) is 12.9. The van der Waals surface area contributed by atoms with E-state index >= 15 is 0 Å². The summed E-state index contributed by atoms with van der Waals surface area (Å²) >= 11 is 0. The smallest absolute Gasteiger partial charge is 0.100 e. The van der Waals surface area contributed by atoms with Crippen molar-refractivity contribution in [3.05, 3.63) is 0 Å². The van der Waals surface area contributed by atoms with Crippen molar-refractivity contribution in [1.82, 2.24) is 6.15 Å². The summed E-state index contributed by atoms with van der Waals surface area (Å²) in [5, 5.41) is 0. The van der Waals surface area contributed by atoms with Gasteiger partial charge in [-0.1, -0.05) is 149 Å². The normalized spacial score (nSPS) is 12.1. The second kappa shape index (κ2) is 26.9. The Morgan fingerprint density at radius 3 is 0.857 bits per heavy atom. The largest absolute Gasteiger partial charge is 0.344 e. The average molecular weight is 402 g/mol. The van der Waals surface area contributed by atoms with Crippen molar-refractivity contribution in [2.45, 2.75) is 168 Å². The molecule has 0 aliphatic rings. The fourth-order valence-corrected chi connectivity index (χ4v) is 4.03. The average Bonchev–Trinajstić information content (AvgIpc) is 2.67. The lowest BCUT2D eigenvalue weighted by atomic mass is 10.0. The van der Waals surface area contributed by atoms with E-state index < -0.39 is 6.17 Å². The van der Waals surface area contributed by atoms with E-state index in [1.165, 1.54) is 122 Å². The van der Waals surface area contributed by atoms with Gasteiger partial charge in [-0.25, -0.2) is 4.39 Å². The molecule has 0 saturated heterocycles. The third kappa shape index (κ3) is 25.9. The van der Waals surface area contributed by atoms with Crippen molar-refractivity contribution >= 4 is 0 Å². The standard InChI is InChI=1S/C26H53F.H3N/c1-3-5-7-9-11-13-14-15-16-17-19-21-23-25-26(27)24-22-20-18-12-10-8-6-4-2;/h26H,3-25H2,1-2H3;1H3. The highest BCUT2D eigenvalue weighted by atomic mass is 19.1. The maximum absolute atomic E-state index is 13.9. The van der Waals surface area contributed by atoms with Crippen LogP contribution in [-0.4, -0.2) is 6.17 Å². The maximum atomic E-state index is 13.9. The van der Waals surface area contributed by atoms with E-state index in [2.05, 4.69) is 13.8 Å². The van der Waals surface area contributed by atoms with Gasteiger partial charge in [0.15, 0.2) is 0 Å². The molecule has 2 heteroatoms. The molecule has 0 saturated carbocycles. The molecule has 1 unspecified atom stereocenters. The maximum Gasteiger partial charge on any atom is 0.100 e. The Morgan fingerprint density at radius 2 is 0.607 bits per heavy atom. The molecule has 0 aromatic heterocycles. The van der Waals surface area contributed by atoms with E-state index in [9.17, 15) is 4.39 Å². The van der Waals surface area contributed by atoms with E-state index in [1.807, 2.05) is 0 Å². The molecule has 0 amide bonds. The molecule has 0 rings (SSSR count). The fourth-order valence-electron chi connectivity index (χ4n) is 4.03. The van der Waals surface area contributed by atoms with Crippen LogP contribution >= 0.6 is 0 Å². The molecule has 0 radical (unpaired) electrons. The van der Waals surface area contributed by atoms with E-state index in [0.29, 0.717) is 0 Å². The minimum absolute atomic E-state index is 0. The minimum Gasteiger partial charge on any atom is -0.344 e. The van der Waals surface area contributed by atoms with Gasteiger partial charge in [-0.3, -0.25) is 0 Å². The van der Waals surface area contributed by atoms with Crippen molar-refractivity contribution in [1.29, 1.82) is 0 Å². The summed E-state index contributed by atoms with van der Waals surface area (Å²) in [4.78, 5) is 0. The van der Waals surface area contributed by atoms with Crippen molar-refractivity contribution in [2.24, 2.45) is 0 Å². The lowest BCUT2D eigenvalue weighted by Crippen LogP contribution is -2.00. The second-order valence-electron chi connectivity index (χ2n) is 8.89. The molecule has 1 nitrogen and oxygen atoms in total. The highest BCUT2D eigenvalue weighted by molar-refractivity contribution is 4.58. The van der Waals surface area contributed by atoms with Crippen LogP contribution in [0.15, 0.2) is 0 Å². The first-order valence-corrected chi connectivity index (χ1v) is 12.9. The molecule has 0 heterocycles. The van der Waals surface area contributed by atoms with Crippen LogP contribution < -0.4 is 6.15 Å². The highest BCUT2D eigenvalue weighted by Gasteiger charge is 2.05. The topological polar surface area (TPSA) is 35.0 Å². The first-order chi connectivity index (χ1) is 13.3. The monoisotopic (exact) mass is 401 g/mol. The van der Waals surface area contributed by atoms with Crippen molar-refractivity contribution < 1.29 is 4.39 Å². The Kier molecular flexibility index (Phi) is 28.9. The Labute approximate surface area is 178 Å². The van der Waals surface area contributed by atoms with Crippen molar-refractivity contribution in [3.63, 3.8) is 0 Å². The van der Waals surface area contributed by atoms with Crippen molar-refractivity contribution in [2.75, 3.05) is 0 Å². The van der Waals surface area contributed by atoms with Gasteiger partial charge in [0, 0.05) is 0 Å². The number of hydrogen-bond donors (Lipinski definition) is 1. The summed E-state index contributed by atoms with van der Waals surface area (Å²) in [6.45, 7) is 4.55. The molecule has 3 N–H and O–H groups in total. The van der Waals surface area contributed by atoms with Gasteiger partial charge >= 0.3 is 0 Å². The zero-order chi connectivity index (χ0) is 19.8. The number of rotatable bonds is 23. The summed E-state index contributed by atoms with van der Waals surface area (Å²) in [5.41, 5.74) is 0. The van der Waals surface area contributed by atoms with Gasteiger partial charge in [0.25, 0.3) is 0 Å². The van der Waals surface area contributed by atoms with Crippen LogP contribution in [0.3, 0.4) is 0 Å². The van der Waals surface area contributed by atoms with Gasteiger partial charge in [-0.15, -0.1) is 0 Å². The summed E-state index contributed by atoms with van der Waals surface area (Å²) in [7, 11) is 0. The van der Waals surface area contributed by atoms with Crippen LogP contribution in [0.5, 0.6) is 0 Å². The van der Waals surface area contributed by atoms with Gasteiger partial charge in [0.2, 0.25) is 0 Å². The van der Waals surface area contributed by atoms with Crippen LogP contribution in [0.2, 0.25) is 0 Å². The van der Waals surface area contributed by atoms with Gasteiger partial charge < -0.3 is 6.15 Å². The number of hydrogen-bond acceptors (Lipinski definition) is 1. The molecular formula is C26H56FN. The molecule has 0 aromatic carbocycles. The van der Waals surface area contributed by atoms with Gasteiger partial charge in [0.05, 0.1) is 0 Å². The summed E-state index contributed by atoms with van der Waals surface area (Å²) in [6, 6.07) is 0. The van der Waals surface area contributed by atoms with Crippen LogP contribution in [-0.2, 0) is 0 Å². The SMILES string of the molecule is CCCCCCCCCCCCCCCC(F)CCCCCCCCCC.N. The number of halogens is 1. The van der Waals surface area contributed by atoms with E-state index in [1.54, 1.807) is 0 Å². The molecule has 0 aliphatic carbocycles. The van der Waals surface area contributed by atoms with Gasteiger partial charge in [-0.05, 0) is 12.8 Å². The minimum atomic E-state index is -0.530. The molecule has 0 aliphatic heterocycles. The summed E-state index contributed by atoms with van der Waals surface area (Å²) < 4.78 is 13.9. The second-order valence-corrected chi connectivity index (χ2v) is 8.89. The highest BCUT2D eigenvalue weighted by Crippen LogP contribution is 2.17. The third-order valence-corrected chi connectivity index (χ3v) is 5.99. The van der Waals surface area contributed by atoms with Crippen LogP contribution in [0.25, 0.3) is 0 Å². The summed E-state index contributed by atoms with van der Waals surface area (Å²) in [6.07, 6.45) is 29.4. The third-order valence-electron chi connectivity index (χ3n) is 5.99. The van der Waals surface area contributed by atoms with Gasteiger partial charge in [-0.2, -0.15) is 0 Å². The van der Waals surface area contributed by atoms with Crippen molar-refractivity contribution in [3.8, 4) is 0 Å². The zero-order valence-electron chi connectivity index (χ0n) is 19.9.